The van der Waals surface area contributed by atoms with Crippen molar-refractivity contribution in [3.8, 4) is 0 Å². The smallest absolute Gasteiger partial charge is 0.262 e. The molecule has 1 saturated heterocycles. The summed E-state index contributed by atoms with van der Waals surface area (Å²) >= 11 is 0. The number of nitrogens with one attached hydrogen (secondary N) is 1. The van der Waals surface area contributed by atoms with Crippen LogP contribution in [0.4, 0.5) is 5.69 Å². The predicted molar refractivity (Wildman–Crippen MR) is 73.9 cm³/mol. The van der Waals surface area contributed by atoms with E-state index in [0.29, 0.717) is 12.2 Å². The number of aromatic nitrogens is 1. The largest absolute Gasteiger partial charge is 0.321 e. The fourth-order valence-electron chi connectivity index (χ4n) is 2.42. The second-order valence-electron chi connectivity index (χ2n) is 4.81. The lowest BCUT2D eigenvalue weighted by molar-refractivity contribution is 0.341. The minimum atomic E-state index is -3.60. The van der Waals surface area contributed by atoms with Gasteiger partial charge in [0.2, 0.25) is 0 Å². The summed E-state index contributed by atoms with van der Waals surface area (Å²) in [6.07, 6.45) is 5.38. The highest BCUT2D eigenvalue weighted by Gasteiger charge is 2.32. The summed E-state index contributed by atoms with van der Waals surface area (Å²) in [6, 6.07) is 3.27. The molecule has 2 rings (SSSR count). The van der Waals surface area contributed by atoms with Crippen LogP contribution in [0.3, 0.4) is 0 Å². The average molecular weight is 284 g/mol. The zero-order chi connectivity index (χ0) is 13.9. The highest BCUT2D eigenvalue weighted by molar-refractivity contribution is 7.89. The van der Waals surface area contributed by atoms with Crippen molar-refractivity contribution >= 4 is 15.7 Å². The van der Waals surface area contributed by atoms with Gasteiger partial charge in [0.25, 0.3) is 10.0 Å². The molecule has 0 amide bonds. The van der Waals surface area contributed by atoms with Crippen LogP contribution in [0.5, 0.6) is 0 Å². The zero-order valence-corrected chi connectivity index (χ0v) is 11.9. The van der Waals surface area contributed by atoms with E-state index in [4.69, 9.17) is 5.84 Å². The molecule has 0 radical (unpaired) electrons. The maximum atomic E-state index is 12.7. The Morgan fingerprint density at radius 2 is 2.21 bits per heavy atom. The minimum Gasteiger partial charge on any atom is -0.321 e. The summed E-state index contributed by atoms with van der Waals surface area (Å²) in [5.74, 6) is 5.37. The SMILES string of the molecule is CC1CCCCCN1S(=O)(=O)c1ncccc1NN. The molecule has 1 fully saturated rings. The molecule has 0 saturated carbocycles. The summed E-state index contributed by atoms with van der Waals surface area (Å²) in [5, 5.41) is 0.00579. The first-order chi connectivity index (χ1) is 9.07. The number of hydrogen-bond acceptors (Lipinski definition) is 5. The summed E-state index contributed by atoms with van der Waals surface area (Å²) in [4.78, 5) is 3.99. The van der Waals surface area contributed by atoms with Crippen LogP contribution in [0.25, 0.3) is 0 Å². The van der Waals surface area contributed by atoms with Gasteiger partial charge in [0, 0.05) is 18.8 Å². The van der Waals surface area contributed by atoms with Crippen molar-refractivity contribution in [3.63, 3.8) is 0 Å². The maximum Gasteiger partial charge on any atom is 0.262 e. The van der Waals surface area contributed by atoms with Crippen LogP contribution < -0.4 is 11.3 Å². The van der Waals surface area contributed by atoms with Gasteiger partial charge in [0.05, 0.1) is 5.69 Å². The number of anilines is 1. The van der Waals surface area contributed by atoms with Gasteiger partial charge in [0.15, 0.2) is 5.03 Å². The Hall–Kier alpha value is -1.18. The van der Waals surface area contributed by atoms with Crippen LogP contribution in [-0.2, 0) is 10.0 Å². The van der Waals surface area contributed by atoms with Gasteiger partial charge in [-0.15, -0.1) is 0 Å². The Labute approximate surface area is 114 Å². The third kappa shape index (κ3) is 2.88. The normalized spacial score (nSPS) is 21.9. The van der Waals surface area contributed by atoms with E-state index in [0.717, 1.165) is 25.7 Å². The third-order valence-electron chi connectivity index (χ3n) is 3.47. The van der Waals surface area contributed by atoms with Crippen LogP contribution in [0.1, 0.15) is 32.6 Å². The molecule has 1 aromatic rings. The van der Waals surface area contributed by atoms with Crippen molar-refractivity contribution in [2.24, 2.45) is 5.84 Å². The Bertz CT molecular complexity index is 532. The zero-order valence-electron chi connectivity index (χ0n) is 11.0. The lowest BCUT2D eigenvalue weighted by Crippen LogP contribution is -2.39. The molecule has 0 bridgehead atoms. The van der Waals surface area contributed by atoms with Crippen LogP contribution in [0.2, 0.25) is 0 Å². The number of nitrogens with zero attached hydrogens (tertiary/aromatic N) is 2. The number of nitrogen functional groups attached to an aromatic ring is 1. The lowest BCUT2D eigenvalue weighted by Gasteiger charge is -2.26. The van der Waals surface area contributed by atoms with Gasteiger partial charge < -0.3 is 5.43 Å². The Balaban J connectivity index is 2.40. The van der Waals surface area contributed by atoms with Gasteiger partial charge in [-0.2, -0.15) is 4.31 Å². The molecule has 0 spiro atoms. The van der Waals surface area contributed by atoms with Crippen molar-refractivity contribution in [2.45, 2.75) is 43.7 Å². The molecule has 1 atom stereocenters. The third-order valence-corrected chi connectivity index (χ3v) is 5.45. The number of pyridine rings is 1. The summed E-state index contributed by atoms with van der Waals surface area (Å²) in [5.41, 5.74) is 2.74. The summed E-state index contributed by atoms with van der Waals surface area (Å²) < 4.78 is 26.9. The average Bonchev–Trinajstić information content (AvgIpc) is 2.63. The number of rotatable bonds is 3. The molecule has 1 unspecified atom stereocenters. The molecular weight excluding hydrogens is 264 g/mol. The van der Waals surface area contributed by atoms with Crippen LogP contribution in [0, 0.1) is 0 Å². The van der Waals surface area contributed by atoms with Crippen molar-refractivity contribution < 1.29 is 8.42 Å². The second kappa shape index (κ2) is 5.85. The van der Waals surface area contributed by atoms with Gasteiger partial charge in [-0.05, 0) is 31.9 Å². The molecule has 7 heteroatoms. The molecule has 0 aliphatic carbocycles. The number of hydrazine groups is 1. The van der Waals surface area contributed by atoms with Crippen LogP contribution >= 0.6 is 0 Å². The van der Waals surface area contributed by atoms with E-state index in [9.17, 15) is 8.42 Å². The van der Waals surface area contributed by atoms with Crippen molar-refractivity contribution in [1.82, 2.24) is 9.29 Å². The van der Waals surface area contributed by atoms with Gasteiger partial charge in [-0.1, -0.05) is 12.8 Å². The van der Waals surface area contributed by atoms with Crippen LogP contribution in [0.15, 0.2) is 23.4 Å². The number of nitrogens with two attached hydrogens (primary N) is 1. The Kier molecular flexibility index (Phi) is 4.38. The predicted octanol–water partition coefficient (Wildman–Crippen LogP) is 1.32. The van der Waals surface area contributed by atoms with E-state index >= 15 is 0 Å². The topological polar surface area (TPSA) is 88.3 Å². The highest BCUT2D eigenvalue weighted by atomic mass is 32.2. The molecule has 19 heavy (non-hydrogen) atoms. The van der Waals surface area contributed by atoms with Crippen molar-refractivity contribution in [2.75, 3.05) is 12.0 Å². The van der Waals surface area contributed by atoms with E-state index in [1.54, 1.807) is 16.4 Å². The van der Waals surface area contributed by atoms with Crippen LogP contribution in [-0.4, -0.2) is 30.3 Å². The summed E-state index contributed by atoms with van der Waals surface area (Å²) in [7, 11) is -3.60. The first-order valence-electron chi connectivity index (χ1n) is 6.51. The quantitative estimate of drug-likeness (QED) is 0.645. The fourth-order valence-corrected chi connectivity index (χ4v) is 4.19. The molecule has 3 N–H and O–H groups in total. The first-order valence-corrected chi connectivity index (χ1v) is 7.95. The lowest BCUT2D eigenvalue weighted by atomic mass is 10.1. The Morgan fingerprint density at radius 1 is 1.42 bits per heavy atom. The molecule has 1 aromatic heterocycles. The van der Waals surface area contributed by atoms with Crippen molar-refractivity contribution in [1.29, 1.82) is 0 Å². The van der Waals surface area contributed by atoms with Gasteiger partial charge in [0.1, 0.15) is 0 Å². The molecule has 1 aliphatic heterocycles. The highest BCUT2D eigenvalue weighted by Crippen LogP contribution is 2.26. The van der Waals surface area contributed by atoms with E-state index in [2.05, 4.69) is 10.4 Å². The molecule has 6 nitrogen and oxygen atoms in total. The second-order valence-corrected chi connectivity index (χ2v) is 6.62. The first kappa shape index (κ1) is 14.2. The minimum absolute atomic E-state index is 0.000121. The number of sulfonamides is 1. The molecule has 106 valence electrons. The van der Waals surface area contributed by atoms with Gasteiger partial charge in [-0.25, -0.2) is 13.4 Å². The monoisotopic (exact) mass is 284 g/mol. The van der Waals surface area contributed by atoms with Gasteiger partial charge >= 0.3 is 0 Å². The fraction of sp³-hybridized carbons (Fsp3) is 0.583. The van der Waals surface area contributed by atoms with E-state index < -0.39 is 10.0 Å². The van der Waals surface area contributed by atoms with E-state index in [1.165, 1.54) is 6.20 Å². The molecular formula is C12H20N4O2S. The molecule has 0 aromatic carbocycles. The van der Waals surface area contributed by atoms with E-state index in [-0.39, 0.29) is 11.1 Å². The summed E-state index contributed by atoms with van der Waals surface area (Å²) in [6.45, 7) is 2.49. The standard InChI is InChI=1S/C12H20N4O2S/c1-10-6-3-2-4-9-16(10)19(17,18)12-11(15-13)7-5-8-14-12/h5,7-8,10,15H,2-4,6,9,13H2,1H3. The number of hydrogen-bond donors (Lipinski definition) is 2. The maximum absolute atomic E-state index is 12.7. The molecule has 2 heterocycles. The van der Waals surface area contributed by atoms with Gasteiger partial charge in [-0.3, -0.25) is 5.84 Å². The van der Waals surface area contributed by atoms with Crippen molar-refractivity contribution in [3.05, 3.63) is 18.3 Å². The Morgan fingerprint density at radius 3 is 2.95 bits per heavy atom. The molecule has 1 aliphatic rings. The van der Waals surface area contributed by atoms with E-state index in [1.807, 2.05) is 6.92 Å².